The molecule has 0 spiro atoms. The summed E-state index contributed by atoms with van der Waals surface area (Å²) in [4.78, 5) is 22.2. The molecule has 0 aromatic rings. The van der Waals surface area contributed by atoms with Gasteiger partial charge in [0.05, 0.1) is 0 Å². The standard InChI is InChI=1S/C10H17NO2/c1-3-4-5-7(2)8-6-9(12)11-10(8)13/h7-8H,3-6H2,1-2H3,(H,11,12,13). The van der Waals surface area contributed by atoms with Gasteiger partial charge in [-0.3, -0.25) is 14.9 Å². The van der Waals surface area contributed by atoms with E-state index in [0.717, 1.165) is 19.3 Å². The zero-order chi connectivity index (χ0) is 9.84. The summed E-state index contributed by atoms with van der Waals surface area (Å²) in [6.45, 7) is 4.19. The Labute approximate surface area is 78.9 Å². The van der Waals surface area contributed by atoms with E-state index in [-0.39, 0.29) is 17.7 Å². The fraction of sp³-hybridized carbons (Fsp3) is 0.800. The molecule has 0 radical (unpaired) electrons. The van der Waals surface area contributed by atoms with Crippen molar-refractivity contribution in [2.75, 3.05) is 0 Å². The van der Waals surface area contributed by atoms with Gasteiger partial charge in [0.25, 0.3) is 0 Å². The second-order valence-corrected chi connectivity index (χ2v) is 3.84. The lowest BCUT2D eigenvalue weighted by atomic mass is 9.88. The van der Waals surface area contributed by atoms with Crippen LogP contribution >= 0.6 is 0 Å². The van der Waals surface area contributed by atoms with Crippen LogP contribution < -0.4 is 5.32 Å². The Hall–Kier alpha value is -0.860. The van der Waals surface area contributed by atoms with Gasteiger partial charge in [0, 0.05) is 12.3 Å². The molecule has 0 aliphatic carbocycles. The van der Waals surface area contributed by atoms with E-state index in [0.29, 0.717) is 12.3 Å². The van der Waals surface area contributed by atoms with Crippen molar-refractivity contribution in [1.82, 2.24) is 5.32 Å². The first-order valence-corrected chi connectivity index (χ1v) is 4.98. The van der Waals surface area contributed by atoms with Gasteiger partial charge >= 0.3 is 0 Å². The summed E-state index contributed by atoms with van der Waals surface area (Å²) in [6.07, 6.45) is 3.72. The summed E-state index contributed by atoms with van der Waals surface area (Å²) < 4.78 is 0. The number of amides is 2. The number of rotatable bonds is 4. The molecule has 0 saturated carbocycles. The molecule has 0 bridgehead atoms. The van der Waals surface area contributed by atoms with Crippen LogP contribution in [-0.4, -0.2) is 11.8 Å². The fourth-order valence-corrected chi connectivity index (χ4v) is 1.76. The van der Waals surface area contributed by atoms with E-state index in [1.54, 1.807) is 0 Å². The molecule has 1 aliphatic heterocycles. The largest absolute Gasteiger partial charge is 0.296 e. The third kappa shape index (κ3) is 2.54. The maximum Gasteiger partial charge on any atom is 0.230 e. The van der Waals surface area contributed by atoms with Gasteiger partial charge in [-0.2, -0.15) is 0 Å². The first kappa shape index (κ1) is 10.2. The van der Waals surface area contributed by atoms with Crippen LogP contribution in [0.5, 0.6) is 0 Å². The Morgan fingerprint density at radius 1 is 1.54 bits per heavy atom. The first-order valence-electron chi connectivity index (χ1n) is 4.98. The predicted molar refractivity (Wildman–Crippen MR) is 49.9 cm³/mol. The van der Waals surface area contributed by atoms with E-state index >= 15 is 0 Å². The van der Waals surface area contributed by atoms with E-state index < -0.39 is 0 Å². The summed E-state index contributed by atoms with van der Waals surface area (Å²) in [5.74, 6) is 0.0809. The SMILES string of the molecule is CCCCC(C)C1CC(=O)NC1=O. The molecule has 0 aromatic carbocycles. The van der Waals surface area contributed by atoms with Gasteiger partial charge in [0.15, 0.2) is 0 Å². The molecule has 2 amide bonds. The minimum atomic E-state index is -0.113. The highest BCUT2D eigenvalue weighted by Gasteiger charge is 2.33. The van der Waals surface area contributed by atoms with Crippen LogP contribution in [0.3, 0.4) is 0 Å². The smallest absolute Gasteiger partial charge is 0.230 e. The Morgan fingerprint density at radius 3 is 2.69 bits per heavy atom. The summed E-state index contributed by atoms with van der Waals surface area (Å²) in [6, 6.07) is 0. The van der Waals surface area contributed by atoms with Crippen LogP contribution in [0.25, 0.3) is 0 Å². The third-order valence-corrected chi connectivity index (χ3v) is 2.70. The minimum Gasteiger partial charge on any atom is -0.296 e. The Kier molecular flexibility index (Phi) is 3.46. The number of unbranched alkanes of at least 4 members (excludes halogenated alkanes) is 1. The lowest BCUT2D eigenvalue weighted by Gasteiger charge is -2.14. The highest BCUT2D eigenvalue weighted by Crippen LogP contribution is 2.24. The lowest BCUT2D eigenvalue weighted by molar-refractivity contribution is -0.126. The van der Waals surface area contributed by atoms with Gasteiger partial charge in [-0.15, -0.1) is 0 Å². The first-order chi connectivity index (χ1) is 6.15. The molecule has 3 nitrogen and oxygen atoms in total. The monoisotopic (exact) mass is 183 g/mol. The second kappa shape index (κ2) is 4.40. The number of hydrogen-bond acceptors (Lipinski definition) is 2. The van der Waals surface area contributed by atoms with Crippen molar-refractivity contribution >= 4 is 11.8 Å². The summed E-state index contributed by atoms with van der Waals surface area (Å²) in [5.41, 5.74) is 0. The average Bonchev–Trinajstić information content (AvgIpc) is 2.41. The molecule has 3 heteroatoms. The Bertz CT molecular complexity index is 213. The molecule has 1 fully saturated rings. The van der Waals surface area contributed by atoms with E-state index in [9.17, 15) is 9.59 Å². The molecule has 74 valence electrons. The van der Waals surface area contributed by atoms with Crippen molar-refractivity contribution in [3.8, 4) is 0 Å². The van der Waals surface area contributed by atoms with E-state index in [1.807, 2.05) is 0 Å². The van der Waals surface area contributed by atoms with Gasteiger partial charge in [0.1, 0.15) is 0 Å². The number of nitrogens with one attached hydrogen (secondary N) is 1. The van der Waals surface area contributed by atoms with Crippen molar-refractivity contribution in [3.63, 3.8) is 0 Å². The van der Waals surface area contributed by atoms with Crippen LogP contribution in [0.15, 0.2) is 0 Å². The maximum absolute atomic E-state index is 11.3. The molecule has 13 heavy (non-hydrogen) atoms. The molecule has 2 unspecified atom stereocenters. The van der Waals surface area contributed by atoms with Crippen molar-refractivity contribution in [1.29, 1.82) is 0 Å². The molecule has 0 aromatic heterocycles. The lowest BCUT2D eigenvalue weighted by Crippen LogP contribution is -2.25. The minimum absolute atomic E-state index is 0.0703. The number of carbonyl (C=O) groups is 2. The average molecular weight is 183 g/mol. The van der Waals surface area contributed by atoms with E-state index in [1.165, 1.54) is 0 Å². The number of hydrogen-bond donors (Lipinski definition) is 1. The van der Waals surface area contributed by atoms with E-state index in [2.05, 4.69) is 19.2 Å². The van der Waals surface area contributed by atoms with Crippen LogP contribution in [0.4, 0.5) is 0 Å². The highest BCUT2D eigenvalue weighted by atomic mass is 16.2. The van der Waals surface area contributed by atoms with Crippen LogP contribution in [0, 0.1) is 11.8 Å². The fourth-order valence-electron chi connectivity index (χ4n) is 1.76. The van der Waals surface area contributed by atoms with Crippen molar-refractivity contribution in [3.05, 3.63) is 0 Å². The third-order valence-electron chi connectivity index (χ3n) is 2.70. The van der Waals surface area contributed by atoms with Crippen LogP contribution in [0.2, 0.25) is 0 Å². The summed E-state index contributed by atoms with van der Waals surface area (Å²) >= 11 is 0. The topological polar surface area (TPSA) is 46.2 Å². The van der Waals surface area contributed by atoms with Crippen molar-refractivity contribution in [2.45, 2.75) is 39.5 Å². The molecular formula is C10H17NO2. The summed E-state index contributed by atoms with van der Waals surface area (Å²) in [7, 11) is 0. The van der Waals surface area contributed by atoms with Crippen molar-refractivity contribution < 1.29 is 9.59 Å². The molecule has 1 heterocycles. The molecule has 1 rings (SSSR count). The highest BCUT2D eigenvalue weighted by molar-refractivity contribution is 6.03. The van der Waals surface area contributed by atoms with E-state index in [4.69, 9.17) is 0 Å². The normalized spacial score (nSPS) is 24.6. The zero-order valence-corrected chi connectivity index (χ0v) is 8.30. The Morgan fingerprint density at radius 2 is 2.23 bits per heavy atom. The number of carbonyl (C=O) groups excluding carboxylic acids is 2. The van der Waals surface area contributed by atoms with Crippen LogP contribution in [-0.2, 0) is 9.59 Å². The van der Waals surface area contributed by atoms with Gasteiger partial charge in [0.2, 0.25) is 11.8 Å². The summed E-state index contributed by atoms with van der Waals surface area (Å²) in [5, 5.41) is 2.35. The second-order valence-electron chi connectivity index (χ2n) is 3.84. The zero-order valence-electron chi connectivity index (χ0n) is 8.30. The number of imide groups is 1. The Balaban J connectivity index is 2.42. The molecule has 2 atom stereocenters. The predicted octanol–water partition coefficient (Wildman–Crippen LogP) is 1.48. The van der Waals surface area contributed by atoms with Crippen molar-refractivity contribution in [2.24, 2.45) is 11.8 Å². The molecule has 1 N–H and O–H groups in total. The van der Waals surface area contributed by atoms with Gasteiger partial charge < -0.3 is 0 Å². The van der Waals surface area contributed by atoms with Gasteiger partial charge in [-0.1, -0.05) is 26.7 Å². The van der Waals surface area contributed by atoms with Gasteiger partial charge in [-0.05, 0) is 12.3 Å². The van der Waals surface area contributed by atoms with Crippen LogP contribution in [0.1, 0.15) is 39.5 Å². The quantitative estimate of drug-likeness (QED) is 0.671. The maximum atomic E-state index is 11.3. The van der Waals surface area contributed by atoms with Gasteiger partial charge in [-0.25, -0.2) is 0 Å². The molecule has 1 saturated heterocycles. The molecular weight excluding hydrogens is 166 g/mol. The molecule has 1 aliphatic rings.